The minimum atomic E-state index is -0.564. The highest BCUT2D eigenvalue weighted by atomic mass is 19.1. The monoisotopic (exact) mass is 394 g/mol. The largest absolute Gasteiger partial charge is 0.443 e. The predicted octanol–water partition coefficient (Wildman–Crippen LogP) is 2.82. The lowest BCUT2D eigenvalue weighted by Gasteiger charge is -2.21. The molecule has 3 heterocycles. The molecule has 1 atom stereocenters. The number of halogens is 1. The van der Waals surface area contributed by atoms with E-state index >= 15 is 0 Å². The lowest BCUT2D eigenvalue weighted by molar-refractivity contribution is -0.389. The van der Waals surface area contributed by atoms with Crippen molar-refractivity contribution in [2.75, 3.05) is 13.2 Å². The SMILES string of the molecule is O=[N+]([O-])c1cn2c(n1)OC[C@@H](OCC#Cc1ccc(-c3ccc(F)cc3)nc1)C2. The van der Waals surface area contributed by atoms with Gasteiger partial charge in [0, 0.05) is 22.3 Å². The number of nitro groups is 1. The summed E-state index contributed by atoms with van der Waals surface area (Å²) in [7, 11) is 0. The lowest BCUT2D eigenvalue weighted by atomic mass is 10.1. The number of benzene rings is 1. The van der Waals surface area contributed by atoms with Gasteiger partial charge in [-0.2, -0.15) is 0 Å². The third kappa shape index (κ3) is 4.39. The van der Waals surface area contributed by atoms with E-state index in [-0.39, 0.29) is 37.0 Å². The molecule has 0 amide bonds. The maximum Gasteiger partial charge on any atom is 0.414 e. The highest BCUT2D eigenvalue weighted by molar-refractivity contribution is 5.59. The van der Waals surface area contributed by atoms with E-state index in [0.717, 1.165) is 16.8 Å². The normalized spacial score (nSPS) is 15.0. The number of ether oxygens (including phenoxy) is 2. The topological polar surface area (TPSA) is 92.3 Å². The number of pyridine rings is 1. The van der Waals surface area contributed by atoms with Gasteiger partial charge in [-0.3, -0.25) is 9.55 Å². The summed E-state index contributed by atoms with van der Waals surface area (Å²) in [6.07, 6.45) is 2.70. The van der Waals surface area contributed by atoms with Crippen LogP contribution in [0.3, 0.4) is 0 Å². The van der Waals surface area contributed by atoms with Crippen LogP contribution < -0.4 is 4.74 Å². The van der Waals surface area contributed by atoms with Crippen LogP contribution in [0.1, 0.15) is 5.56 Å². The van der Waals surface area contributed by atoms with Crippen molar-refractivity contribution in [2.24, 2.45) is 0 Å². The number of fused-ring (bicyclic) bond motifs is 1. The fourth-order valence-electron chi connectivity index (χ4n) is 2.82. The molecule has 1 aromatic carbocycles. The first kappa shape index (κ1) is 18.6. The quantitative estimate of drug-likeness (QED) is 0.384. The van der Waals surface area contributed by atoms with Crippen molar-refractivity contribution in [1.82, 2.24) is 14.5 Å². The zero-order valence-corrected chi connectivity index (χ0v) is 15.1. The van der Waals surface area contributed by atoms with E-state index < -0.39 is 4.92 Å². The molecule has 1 aliphatic rings. The Labute approximate surface area is 165 Å². The molecule has 0 aliphatic carbocycles. The molecule has 0 bridgehead atoms. The maximum atomic E-state index is 13.0. The standard InChI is InChI=1S/C20H15FN4O4/c21-16-6-4-15(5-7-16)18-8-3-14(10-22-18)2-1-9-28-17-11-24-12-19(25(26)27)23-20(24)29-13-17/h3-8,10,12,17H,9,11,13H2/t17-/m0/s1. The van der Waals surface area contributed by atoms with Gasteiger partial charge in [0.1, 0.15) is 31.3 Å². The minimum absolute atomic E-state index is 0.180. The molecule has 29 heavy (non-hydrogen) atoms. The highest BCUT2D eigenvalue weighted by Gasteiger charge is 2.27. The van der Waals surface area contributed by atoms with Crippen LogP contribution in [0.2, 0.25) is 0 Å². The zero-order chi connectivity index (χ0) is 20.2. The van der Waals surface area contributed by atoms with Crippen LogP contribution in [-0.4, -0.2) is 38.8 Å². The number of nitrogens with zero attached hydrogens (tertiary/aromatic N) is 4. The second-order valence-electron chi connectivity index (χ2n) is 6.28. The summed E-state index contributed by atoms with van der Waals surface area (Å²) in [5, 5.41) is 10.8. The van der Waals surface area contributed by atoms with Gasteiger partial charge in [0.05, 0.1) is 12.2 Å². The van der Waals surface area contributed by atoms with E-state index in [1.807, 2.05) is 12.1 Å². The summed E-state index contributed by atoms with van der Waals surface area (Å²) in [4.78, 5) is 18.3. The molecular weight excluding hydrogens is 379 g/mol. The Morgan fingerprint density at radius 3 is 2.86 bits per heavy atom. The van der Waals surface area contributed by atoms with Crippen LogP contribution in [0.5, 0.6) is 6.01 Å². The van der Waals surface area contributed by atoms with Gasteiger partial charge in [-0.25, -0.2) is 4.39 Å². The van der Waals surface area contributed by atoms with Crippen LogP contribution in [-0.2, 0) is 11.3 Å². The first-order valence-electron chi connectivity index (χ1n) is 8.75. The van der Waals surface area contributed by atoms with E-state index in [0.29, 0.717) is 6.54 Å². The average Bonchev–Trinajstić information content (AvgIpc) is 3.16. The summed E-state index contributed by atoms with van der Waals surface area (Å²) >= 11 is 0. The molecule has 0 N–H and O–H groups in total. The molecule has 4 rings (SSSR count). The van der Waals surface area contributed by atoms with E-state index in [4.69, 9.17) is 9.47 Å². The fraction of sp³-hybridized carbons (Fsp3) is 0.200. The van der Waals surface area contributed by atoms with Crippen LogP contribution in [0.15, 0.2) is 48.8 Å². The van der Waals surface area contributed by atoms with Gasteiger partial charge in [0.15, 0.2) is 0 Å². The number of hydrogen-bond donors (Lipinski definition) is 0. The maximum absolute atomic E-state index is 13.0. The lowest BCUT2D eigenvalue weighted by Crippen LogP contribution is -2.32. The minimum Gasteiger partial charge on any atom is -0.443 e. The summed E-state index contributed by atoms with van der Waals surface area (Å²) < 4.78 is 25.6. The molecule has 0 unspecified atom stereocenters. The third-order valence-corrected chi connectivity index (χ3v) is 4.24. The van der Waals surface area contributed by atoms with E-state index in [9.17, 15) is 14.5 Å². The Bertz CT molecular complexity index is 1080. The van der Waals surface area contributed by atoms with Crippen molar-refractivity contribution in [3.05, 3.63) is 70.3 Å². The molecule has 0 fully saturated rings. The Hall–Kier alpha value is -3.77. The molecule has 146 valence electrons. The highest BCUT2D eigenvalue weighted by Crippen LogP contribution is 2.22. The Kier molecular flexibility index (Phi) is 5.18. The van der Waals surface area contributed by atoms with Crippen molar-refractivity contribution in [1.29, 1.82) is 0 Å². The van der Waals surface area contributed by atoms with Gasteiger partial charge >= 0.3 is 11.8 Å². The van der Waals surface area contributed by atoms with Crippen molar-refractivity contribution >= 4 is 5.82 Å². The first-order chi connectivity index (χ1) is 14.1. The second kappa shape index (κ2) is 8.08. The van der Waals surface area contributed by atoms with Crippen LogP contribution in [0, 0.1) is 27.8 Å². The van der Waals surface area contributed by atoms with Crippen LogP contribution in [0.4, 0.5) is 10.2 Å². The molecule has 0 saturated carbocycles. The number of hydrogen-bond acceptors (Lipinski definition) is 6. The van der Waals surface area contributed by atoms with E-state index in [1.165, 1.54) is 18.3 Å². The predicted molar refractivity (Wildman–Crippen MR) is 101 cm³/mol. The van der Waals surface area contributed by atoms with Crippen LogP contribution in [0.25, 0.3) is 11.3 Å². The molecule has 0 saturated heterocycles. The Morgan fingerprint density at radius 2 is 2.14 bits per heavy atom. The zero-order valence-electron chi connectivity index (χ0n) is 15.1. The van der Waals surface area contributed by atoms with Gasteiger partial charge in [-0.15, -0.1) is 0 Å². The molecule has 1 aliphatic heterocycles. The molecule has 0 spiro atoms. The molecule has 9 heteroatoms. The summed E-state index contributed by atoms with van der Waals surface area (Å²) in [6, 6.07) is 9.99. The van der Waals surface area contributed by atoms with Crippen molar-refractivity contribution in [2.45, 2.75) is 12.6 Å². The first-order valence-corrected chi connectivity index (χ1v) is 8.75. The van der Waals surface area contributed by atoms with E-state index in [1.54, 1.807) is 22.9 Å². The molecular formula is C20H15FN4O4. The Morgan fingerprint density at radius 1 is 1.31 bits per heavy atom. The number of imidazole rings is 1. The average molecular weight is 394 g/mol. The number of rotatable bonds is 4. The summed E-state index contributed by atoms with van der Waals surface area (Å²) in [5.41, 5.74) is 2.29. The van der Waals surface area contributed by atoms with Gasteiger partial charge in [-0.05, 0) is 41.3 Å². The van der Waals surface area contributed by atoms with Crippen LogP contribution >= 0.6 is 0 Å². The summed E-state index contributed by atoms with van der Waals surface area (Å²) in [5.74, 6) is 5.33. The van der Waals surface area contributed by atoms with Gasteiger partial charge < -0.3 is 19.6 Å². The molecule has 2 aromatic heterocycles. The van der Waals surface area contributed by atoms with Gasteiger partial charge in [0.2, 0.25) is 0 Å². The van der Waals surface area contributed by atoms with Crippen molar-refractivity contribution < 1.29 is 18.8 Å². The molecule has 3 aromatic rings. The summed E-state index contributed by atoms with van der Waals surface area (Å²) in [6.45, 7) is 0.843. The fourth-order valence-corrected chi connectivity index (χ4v) is 2.82. The number of aromatic nitrogens is 3. The molecule has 8 nitrogen and oxygen atoms in total. The Balaban J connectivity index is 1.31. The smallest absolute Gasteiger partial charge is 0.414 e. The third-order valence-electron chi connectivity index (χ3n) is 4.24. The van der Waals surface area contributed by atoms with Crippen molar-refractivity contribution in [3.63, 3.8) is 0 Å². The van der Waals surface area contributed by atoms with Gasteiger partial charge in [0.25, 0.3) is 0 Å². The van der Waals surface area contributed by atoms with Gasteiger partial charge in [-0.1, -0.05) is 11.8 Å². The van der Waals surface area contributed by atoms with Crippen molar-refractivity contribution in [3.8, 4) is 29.1 Å². The van der Waals surface area contributed by atoms with E-state index in [2.05, 4.69) is 21.8 Å². The molecule has 0 radical (unpaired) electrons. The second-order valence-corrected chi connectivity index (χ2v) is 6.28.